The van der Waals surface area contributed by atoms with E-state index in [0.29, 0.717) is 0 Å². The van der Waals surface area contributed by atoms with Gasteiger partial charge in [0.15, 0.2) is 17.3 Å². The smallest absolute Gasteiger partial charge is 0.340 e. The molecule has 0 amide bonds. The molecule has 0 aliphatic rings. The number of nitro benzene ring substituents is 1. The van der Waals surface area contributed by atoms with Crippen LogP contribution in [0.5, 0.6) is 0 Å². The molecule has 0 aliphatic carbocycles. The highest BCUT2D eigenvalue weighted by Crippen LogP contribution is 2.30. The van der Waals surface area contributed by atoms with Crippen LogP contribution in [0.2, 0.25) is 0 Å². The number of rotatable bonds is 11. The summed E-state index contributed by atoms with van der Waals surface area (Å²) in [6, 6.07) is 4.15. The molecule has 2 atom stereocenters. The lowest BCUT2D eigenvalue weighted by Gasteiger charge is -2.30. The van der Waals surface area contributed by atoms with Crippen molar-refractivity contribution in [3.8, 4) is 0 Å². The fraction of sp³-hybridized carbons (Fsp3) is 0.474. The molecule has 0 aromatic heterocycles. The quantitative estimate of drug-likeness (QED) is 0.136. The Morgan fingerprint density at radius 3 is 2.00 bits per heavy atom. The number of carbonyl (C=O) groups excluding carboxylic acids is 4. The number of non-ortho nitro benzene ring substituents is 1. The van der Waals surface area contributed by atoms with Gasteiger partial charge < -0.3 is 19.3 Å². The van der Waals surface area contributed by atoms with Gasteiger partial charge in [-0.2, -0.15) is 0 Å². The lowest BCUT2D eigenvalue weighted by atomic mass is 9.79. The Balaban J connectivity index is 3.49. The van der Waals surface area contributed by atoms with Crippen LogP contribution in [-0.2, 0) is 28.6 Å². The zero-order valence-electron chi connectivity index (χ0n) is 16.8. The summed E-state index contributed by atoms with van der Waals surface area (Å²) in [4.78, 5) is 60.2. The van der Waals surface area contributed by atoms with Crippen LogP contribution in [0.4, 0.5) is 5.69 Å². The summed E-state index contributed by atoms with van der Waals surface area (Å²) < 4.78 is 14.4. The largest absolute Gasteiger partial charge is 0.466 e. The van der Waals surface area contributed by atoms with E-state index in [2.05, 4.69) is 0 Å². The number of Topliss-reactive ketones (excluding diaryl/α,β-unsaturated/α-hetero) is 1. The minimum absolute atomic E-state index is 0.0713. The van der Waals surface area contributed by atoms with Crippen LogP contribution in [0.1, 0.15) is 37.6 Å². The standard InChI is InChI=1S/C19H23NO10/c1-4-28-14(21)11-19(25,18(24)30-6-3)15(17(23)29-5-2)16(22)12-7-9-13(10-8-12)20(26)27/h7-10,15,25H,4-6,11H2,1-3H3. The highest BCUT2D eigenvalue weighted by Gasteiger charge is 2.55. The molecule has 30 heavy (non-hydrogen) atoms. The molecule has 0 fully saturated rings. The molecule has 0 radical (unpaired) electrons. The second-order valence-electron chi connectivity index (χ2n) is 5.98. The van der Waals surface area contributed by atoms with E-state index < -0.39 is 46.6 Å². The summed E-state index contributed by atoms with van der Waals surface area (Å²) in [5.41, 5.74) is -3.44. The Bertz CT molecular complexity index is 804. The maximum Gasteiger partial charge on any atom is 0.340 e. The third kappa shape index (κ3) is 5.83. The van der Waals surface area contributed by atoms with Crippen LogP contribution >= 0.6 is 0 Å². The maximum atomic E-state index is 13.0. The average molecular weight is 425 g/mol. The second-order valence-corrected chi connectivity index (χ2v) is 5.98. The third-order valence-corrected chi connectivity index (χ3v) is 3.97. The fourth-order valence-electron chi connectivity index (χ4n) is 2.64. The van der Waals surface area contributed by atoms with Crippen molar-refractivity contribution in [2.75, 3.05) is 19.8 Å². The number of hydrogen-bond acceptors (Lipinski definition) is 10. The van der Waals surface area contributed by atoms with Gasteiger partial charge in [-0.1, -0.05) is 0 Å². The molecule has 0 heterocycles. The SMILES string of the molecule is CCOC(=O)CC(O)(C(=O)OCC)C(C(=O)OCC)C(=O)c1ccc([N+](=O)[O-])cc1. The van der Waals surface area contributed by atoms with Gasteiger partial charge in [-0.3, -0.25) is 24.5 Å². The first kappa shape index (κ1) is 24.7. The van der Waals surface area contributed by atoms with Gasteiger partial charge in [-0.15, -0.1) is 0 Å². The number of carbonyl (C=O) groups is 4. The molecule has 0 saturated heterocycles. The number of aliphatic hydroxyl groups is 1. The molecular formula is C19H23NO10. The molecule has 1 rings (SSSR count). The first-order valence-electron chi connectivity index (χ1n) is 9.12. The van der Waals surface area contributed by atoms with Crippen molar-refractivity contribution in [1.82, 2.24) is 0 Å². The summed E-state index contributed by atoms with van der Waals surface area (Å²) in [6.45, 7) is 3.91. The number of nitro groups is 1. The van der Waals surface area contributed by atoms with E-state index in [1.54, 1.807) is 0 Å². The maximum absolute atomic E-state index is 13.0. The summed E-state index contributed by atoms with van der Waals surface area (Å²) in [5, 5.41) is 21.8. The van der Waals surface area contributed by atoms with E-state index in [9.17, 15) is 34.4 Å². The molecule has 11 nitrogen and oxygen atoms in total. The first-order chi connectivity index (χ1) is 14.1. The van der Waals surface area contributed by atoms with Crippen LogP contribution in [0.3, 0.4) is 0 Å². The van der Waals surface area contributed by atoms with Crippen molar-refractivity contribution in [3.05, 3.63) is 39.9 Å². The normalized spacial score (nSPS) is 13.5. The highest BCUT2D eigenvalue weighted by molar-refractivity contribution is 6.13. The second kappa shape index (κ2) is 11.0. The van der Waals surface area contributed by atoms with Crippen molar-refractivity contribution in [2.24, 2.45) is 5.92 Å². The number of hydrogen-bond donors (Lipinski definition) is 1. The molecule has 1 aromatic carbocycles. The minimum Gasteiger partial charge on any atom is -0.466 e. The van der Waals surface area contributed by atoms with Crippen molar-refractivity contribution < 1.29 is 43.4 Å². The van der Waals surface area contributed by atoms with Gasteiger partial charge in [0.25, 0.3) is 5.69 Å². The van der Waals surface area contributed by atoms with Crippen LogP contribution in [0, 0.1) is 16.0 Å². The van der Waals surface area contributed by atoms with E-state index in [0.717, 1.165) is 24.3 Å². The summed E-state index contributed by atoms with van der Waals surface area (Å²) in [7, 11) is 0. The molecule has 164 valence electrons. The van der Waals surface area contributed by atoms with E-state index >= 15 is 0 Å². The van der Waals surface area contributed by atoms with Crippen molar-refractivity contribution in [3.63, 3.8) is 0 Å². The Labute approximate surface area is 172 Å². The fourth-order valence-corrected chi connectivity index (χ4v) is 2.64. The Morgan fingerprint density at radius 1 is 1.00 bits per heavy atom. The summed E-state index contributed by atoms with van der Waals surface area (Å²) >= 11 is 0. The Morgan fingerprint density at radius 2 is 1.53 bits per heavy atom. The lowest BCUT2D eigenvalue weighted by molar-refractivity contribution is -0.384. The topological polar surface area (TPSA) is 159 Å². The van der Waals surface area contributed by atoms with E-state index in [1.165, 1.54) is 20.8 Å². The molecule has 1 N–H and O–H groups in total. The lowest BCUT2D eigenvalue weighted by Crippen LogP contribution is -2.55. The predicted octanol–water partition coefficient (Wildman–Crippen LogP) is 1.20. The minimum atomic E-state index is -2.91. The van der Waals surface area contributed by atoms with Crippen molar-refractivity contribution >= 4 is 29.4 Å². The molecule has 0 spiro atoms. The van der Waals surface area contributed by atoms with Gasteiger partial charge in [0, 0.05) is 17.7 Å². The zero-order chi connectivity index (χ0) is 22.9. The summed E-state index contributed by atoms with van der Waals surface area (Å²) in [6.07, 6.45) is -1.04. The Hall–Kier alpha value is -3.34. The van der Waals surface area contributed by atoms with Gasteiger partial charge in [0.2, 0.25) is 0 Å². The van der Waals surface area contributed by atoms with Crippen molar-refractivity contribution in [2.45, 2.75) is 32.8 Å². The Kier molecular flexibility index (Phi) is 9.06. The molecule has 1 aromatic rings. The molecule has 0 saturated carbocycles. The number of esters is 3. The molecular weight excluding hydrogens is 402 g/mol. The van der Waals surface area contributed by atoms with Gasteiger partial charge >= 0.3 is 17.9 Å². The summed E-state index contributed by atoms with van der Waals surface area (Å²) in [5.74, 6) is -6.93. The van der Waals surface area contributed by atoms with Gasteiger partial charge in [0.05, 0.1) is 31.2 Å². The number of nitrogens with zero attached hydrogens (tertiary/aromatic N) is 1. The first-order valence-corrected chi connectivity index (χ1v) is 9.12. The van der Waals surface area contributed by atoms with Gasteiger partial charge in [-0.25, -0.2) is 4.79 Å². The van der Waals surface area contributed by atoms with E-state index in [1.807, 2.05) is 0 Å². The average Bonchev–Trinajstić information content (AvgIpc) is 2.68. The van der Waals surface area contributed by atoms with Crippen LogP contribution in [0.25, 0.3) is 0 Å². The van der Waals surface area contributed by atoms with Gasteiger partial charge in [0.1, 0.15) is 0 Å². The highest BCUT2D eigenvalue weighted by atomic mass is 16.6. The van der Waals surface area contributed by atoms with Crippen LogP contribution in [0.15, 0.2) is 24.3 Å². The van der Waals surface area contributed by atoms with E-state index in [4.69, 9.17) is 14.2 Å². The molecule has 2 unspecified atom stereocenters. The van der Waals surface area contributed by atoms with Crippen LogP contribution < -0.4 is 0 Å². The zero-order valence-corrected chi connectivity index (χ0v) is 16.8. The number of ether oxygens (including phenoxy) is 3. The molecule has 0 aliphatic heterocycles. The third-order valence-electron chi connectivity index (χ3n) is 3.97. The van der Waals surface area contributed by atoms with Crippen molar-refractivity contribution in [1.29, 1.82) is 0 Å². The van der Waals surface area contributed by atoms with Gasteiger partial charge in [-0.05, 0) is 32.9 Å². The predicted molar refractivity (Wildman–Crippen MR) is 100 cm³/mol. The number of benzene rings is 1. The molecule has 0 bridgehead atoms. The number of ketones is 1. The molecule has 11 heteroatoms. The van der Waals surface area contributed by atoms with Crippen LogP contribution in [-0.4, -0.2) is 59.1 Å². The van der Waals surface area contributed by atoms with E-state index in [-0.39, 0.29) is 31.1 Å². The monoisotopic (exact) mass is 425 g/mol.